The van der Waals surface area contributed by atoms with Gasteiger partial charge in [-0.1, -0.05) is 17.7 Å². The monoisotopic (exact) mass is 269 g/mol. The molecule has 1 amide bonds. The molecule has 1 aliphatic heterocycles. The van der Waals surface area contributed by atoms with Gasteiger partial charge in [0.15, 0.2) is 0 Å². The zero-order valence-electron chi connectivity index (χ0n) is 10.6. The maximum absolute atomic E-state index is 11.6. The lowest BCUT2D eigenvalue weighted by Gasteiger charge is -2.19. The lowest BCUT2D eigenvalue weighted by Crippen LogP contribution is -2.27. The Morgan fingerprint density at radius 1 is 1.50 bits per heavy atom. The summed E-state index contributed by atoms with van der Waals surface area (Å²) in [6.45, 7) is 6.14. The highest BCUT2D eigenvalue weighted by molar-refractivity contribution is 6.31. The molecule has 2 rings (SSSR count). The highest BCUT2D eigenvalue weighted by atomic mass is 35.5. The second-order valence-corrected chi connectivity index (χ2v) is 5.59. The molecule has 1 aliphatic rings. The fourth-order valence-corrected chi connectivity index (χ4v) is 1.82. The SMILES string of the molecule is CC(C)(C)OC(=O)Nc1ccc([C@H]2CO2)c(Cl)c1. The second kappa shape index (κ2) is 4.78. The summed E-state index contributed by atoms with van der Waals surface area (Å²) in [5.41, 5.74) is 1.04. The van der Waals surface area contributed by atoms with Crippen molar-refractivity contribution in [2.24, 2.45) is 0 Å². The molecular weight excluding hydrogens is 254 g/mol. The van der Waals surface area contributed by atoms with Crippen LogP contribution in [0.15, 0.2) is 18.2 Å². The van der Waals surface area contributed by atoms with Crippen LogP contribution in [0.4, 0.5) is 10.5 Å². The number of carbonyl (C=O) groups excluding carboxylic acids is 1. The number of hydrogen-bond acceptors (Lipinski definition) is 3. The van der Waals surface area contributed by atoms with E-state index in [4.69, 9.17) is 21.1 Å². The number of rotatable bonds is 2. The van der Waals surface area contributed by atoms with Crippen molar-refractivity contribution in [2.45, 2.75) is 32.5 Å². The van der Waals surface area contributed by atoms with Crippen LogP contribution in [0, 0.1) is 0 Å². The zero-order valence-corrected chi connectivity index (χ0v) is 11.4. The summed E-state index contributed by atoms with van der Waals surface area (Å²) in [5.74, 6) is 0. The molecule has 1 heterocycles. The lowest BCUT2D eigenvalue weighted by molar-refractivity contribution is 0.0636. The summed E-state index contributed by atoms with van der Waals surface area (Å²) in [6, 6.07) is 5.34. The Bertz CT molecular complexity index is 464. The number of epoxide rings is 1. The summed E-state index contributed by atoms with van der Waals surface area (Å²) in [4.78, 5) is 11.6. The third kappa shape index (κ3) is 3.62. The van der Waals surface area contributed by atoms with Crippen LogP contribution in [0.2, 0.25) is 5.02 Å². The number of nitrogens with one attached hydrogen (secondary N) is 1. The molecule has 0 saturated carbocycles. The zero-order chi connectivity index (χ0) is 13.3. The summed E-state index contributed by atoms with van der Waals surface area (Å²) >= 11 is 6.11. The molecule has 4 nitrogen and oxygen atoms in total. The van der Waals surface area contributed by atoms with Gasteiger partial charge in [0.2, 0.25) is 0 Å². The van der Waals surface area contributed by atoms with Crippen molar-refractivity contribution in [3.05, 3.63) is 28.8 Å². The molecule has 1 atom stereocenters. The maximum Gasteiger partial charge on any atom is 0.412 e. The number of anilines is 1. The molecule has 98 valence electrons. The molecule has 18 heavy (non-hydrogen) atoms. The Kier molecular flexibility index (Phi) is 3.50. The molecule has 0 aromatic heterocycles. The van der Waals surface area contributed by atoms with Crippen LogP contribution in [0.3, 0.4) is 0 Å². The number of amides is 1. The van der Waals surface area contributed by atoms with Gasteiger partial charge in [-0.3, -0.25) is 5.32 Å². The Labute approximate surface area is 111 Å². The third-order valence-electron chi connectivity index (χ3n) is 2.33. The Morgan fingerprint density at radius 3 is 2.67 bits per heavy atom. The summed E-state index contributed by atoms with van der Waals surface area (Å²) in [5, 5.41) is 3.23. The molecule has 0 radical (unpaired) electrons. The predicted molar refractivity (Wildman–Crippen MR) is 70.0 cm³/mol. The molecule has 1 aromatic rings. The minimum Gasteiger partial charge on any atom is -0.444 e. The summed E-state index contributed by atoms with van der Waals surface area (Å²) in [7, 11) is 0. The smallest absolute Gasteiger partial charge is 0.412 e. The van der Waals surface area contributed by atoms with Gasteiger partial charge in [0.25, 0.3) is 0 Å². The van der Waals surface area contributed by atoms with Crippen LogP contribution in [0.1, 0.15) is 32.4 Å². The second-order valence-electron chi connectivity index (χ2n) is 5.19. The quantitative estimate of drug-likeness (QED) is 0.832. The molecule has 0 spiro atoms. The van der Waals surface area contributed by atoms with Crippen molar-refractivity contribution in [1.82, 2.24) is 0 Å². The largest absolute Gasteiger partial charge is 0.444 e. The van der Waals surface area contributed by atoms with Crippen molar-refractivity contribution >= 4 is 23.4 Å². The van der Waals surface area contributed by atoms with Gasteiger partial charge >= 0.3 is 6.09 Å². The van der Waals surface area contributed by atoms with E-state index in [0.717, 1.165) is 5.56 Å². The molecule has 1 saturated heterocycles. The van der Waals surface area contributed by atoms with Crippen LogP contribution < -0.4 is 5.32 Å². The fraction of sp³-hybridized carbons (Fsp3) is 0.462. The molecule has 0 bridgehead atoms. The first-order chi connectivity index (χ1) is 8.35. The van der Waals surface area contributed by atoms with E-state index in [9.17, 15) is 4.79 Å². The molecule has 5 heteroatoms. The van der Waals surface area contributed by atoms with Crippen molar-refractivity contribution < 1.29 is 14.3 Å². The predicted octanol–water partition coefficient (Wildman–Crippen LogP) is 3.76. The minimum atomic E-state index is -0.518. The molecule has 1 fully saturated rings. The number of halogens is 1. The first-order valence-corrected chi connectivity index (χ1v) is 6.14. The lowest BCUT2D eigenvalue weighted by atomic mass is 10.1. The summed E-state index contributed by atoms with van der Waals surface area (Å²) < 4.78 is 10.3. The average molecular weight is 270 g/mol. The van der Waals surface area contributed by atoms with Crippen LogP contribution in [-0.2, 0) is 9.47 Å². The Hall–Kier alpha value is -1.26. The molecule has 0 unspecified atom stereocenters. The van der Waals surface area contributed by atoms with Gasteiger partial charge in [-0.2, -0.15) is 0 Å². The normalized spacial score (nSPS) is 18.3. The average Bonchev–Trinajstić information content (AvgIpc) is 2.97. The first kappa shape index (κ1) is 13.2. The highest BCUT2D eigenvalue weighted by Gasteiger charge is 2.27. The standard InChI is InChI=1S/C13H16ClNO3/c1-13(2,3)18-12(16)15-8-4-5-9(10(14)6-8)11-7-17-11/h4-6,11H,7H2,1-3H3,(H,15,16)/t11-/m1/s1. The van der Waals surface area contributed by atoms with Gasteiger partial charge in [-0.15, -0.1) is 0 Å². The van der Waals surface area contributed by atoms with Crippen LogP contribution in [-0.4, -0.2) is 18.3 Å². The van der Waals surface area contributed by atoms with E-state index in [0.29, 0.717) is 17.3 Å². The van der Waals surface area contributed by atoms with Crippen LogP contribution >= 0.6 is 11.6 Å². The van der Waals surface area contributed by atoms with Gasteiger partial charge in [0, 0.05) is 16.3 Å². The number of carbonyl (C=O) groups is 1. The van der Waals surface area contributed by atoms with Gasteiger partial charge in [-0.05, 0) is 32.9 Å². The van der Waals surface area contributed by atoms with Crippen LogP contribution in [0.5, 0.6) is 0 Å². The van der Waals surface area contributed by atoms with E-state index in [2.05, 4.69) is 5.32 Å². The number of ether oxygens (including phenoxy) is 2. The van der Waals surface area contributed by atoms with Crippen molar-refractivity contribution in [3.8, 4) is 0 Å². The minimum absolute atomic E-state index is 0.105. The van der Waals surface area contributed by atoms with E-state index in [1.54, 1.807) is 12.1 Å². The van der Waals surface area contributed by atoms with Crippen molar-refractivity contribution in [3.63, 3.8) is 0 Å². The van der Waals surface area contributed by atoms with Crippen molar-refractivity contribution in [2.75, 3.05) is 11.9 Å². The first-order valence-electron chi connectivity index (χ1n) is 5.76. The molecule has 1 aromatic carbocycles. The van der Waals surface area contributed by atoms with E-state index < -0.39 is 11.7 Å². The topological polar surface area (TPSA) is 50.9 Å². The van der Waals surface area contributed by atoms with Crippen molar-refractivity contribution in [1.29, 1.82) is 0 Å². The van der Waals surface area contributed by atoms with E-state index in [1.807, 2.05) is 26.8 Å². The third-order valence-corrected chi connectivity index (χ3v) is 2.65. The molecular formula is C13H16ClNO3. The molecule has 1 N–H and O–H groups in total. The Balaban J connectivity index is 2.01. The molecule has 0 aliphatic carbocycles. The van der Waals surface area contributed by atoms with Gasteiger partial charge in [-0.25, -0.2) is 4.79 Å². The highest BCUT2D eigenvalue weighted by Crippen LogP contribution is 2.35. The maximum atomic E-state index is 11.6. The van der Waals surface area contributed by atoms with E-state index >= 15 is 0 Å². The summed E-state index contributed by atoms with van der Waals surface area (Å²) in [6.07, 6.45) is -0.387. The van der Waals surface area contributed by atoms with E-state index in [1.165, 1.54) is 0 Å². The number of hydrogen-bond donors (Lipinski definition) is 1. The Morgan fingerprint density at radius 2 is 2.17 bits per heavy atom. The van der Waals surface area contributed by atoms with E-state index in [-0.39, 0.29) is 6.10 Å². The van der Waals surface area contributed by atoms with Crippen LogP contribution in [0.25, 0.3) is 0 Å². The van der Waals surface area contributed by atoms with Gasteiger partial charge in [0.05, 0.1) is 6.61 Å². The van der Waals surface area contributed by atoms with Gasteiger partial charge in [0.1, 0.15) is 11.7 Å². The number of benzene rings is 1. The van der Waals surface area contributed by atoms with Gasteiger partial charge < -0.3 is 9.47 Å². The fourth-order valence-electron chi connectivity index (χ4n) is 1.52.